The number of nitrogens with one attached hydrogen (secondary N) is 1. The molecule has 22 heavy (non-hydrogen) atoms. The lowest BCUT2D eigenvalue weighted by Gasteiger charge is -2.23. The lowest BCUT2D eigenvalue weighted by molar-refractivity contribution is 0.303. The van der Waals surface area contributed by atoms with Crippen molar-refractivity contribution < 1.29 is 12.8 Å². The SMILES string of the molecule is CN(C)[C@@H](CNS(=O)(=O)Cc1ccc(F)cc1)c1cccs1. The van der Waals surface area contributed by atoms with Crippen LogP contribution < -0.4 is 4.72 Å². The second kappa shape index (κ2) is 7.32. The maximum atomic E-state index is 12.8. The number of benzene rings is 1. The molecule has 0 saturated carbocycles. The number of thiophene rings is 1. The molecule has 0 radical (unpaired) electrons. The number of halogens is 1. The number of hydrogen-bond acceptors (Lipinski definition) is 4. The number of likely N-dealkylation sites (N-methyl/N-ethyl adjacent to an activating group) is 1. The monoisotopic (exact) mass is 342 g/mol. The van der Waals surface area contributed by atoms with Crippen molar-refractivity contribution in [1.29, 1.82) is 0 Å². The van der Waals surface area contributed by atoms with Crippen molar-refractivity contribution in [2.45, 2.75) is 11.8 Å². The van der Waals surface area contributed by atoms with Gasteiger partial charge in [0.05, 0.1) is 11.8 Å². The molecule has 2 rings (SSSR count). The topological polar surface area (TPSA) is 49.4 Å². The Kier molecular flexibility index (Phi) is 5.69. The highest BCUT2D eigenvalue weighted by Crippen LogP contribution is 2.22. The predicted molar refractivity (Wildman–Crippen MR) is 87.8 cm³/mol. The molecule has 1 heterocycles. The van der Waals surface area contributed by atoms with Gasteiger partial charge in [-0.15, -0.1) is 11.3 Å². The van der Waals surface area contributed by atoms with Gasteiger partial charge in [-0.25, -0.2) is 17.5 Å². The van der Waals surface area contributed by atoms with E-state index in [1.165, 1.54) is 24.3 Å². The Morgan fingerprint density at radius 1 is 1.23 bits per heavy atom. The molecule has 1 atom stereocenters. The molecule has 0 spiro atoms. The zero-order valence-electron chi connectivity index (χ0n) is 12.5. The first-order valence-electron chi connectivity index (χ1n) is 6.79. The summed E-state index contributed by atoms with van der Waals surface area (Å²) in [5, 5.41) is 1.97. The molecule has 1 aromatic carbocycles. The highest BCUT2D eigenvalue weighted by Gasteiger charge is 2.19. The van der Waals surface area contributed by atoms with Crippen LogP contribution in [0.25, 0.3) is 0 Å². The summed E-state index contributed by atoms with van der Waals surface area (Å²) < 4.78 is 39.8. The molecule has 0 unspecified atom stereocenters. The molecular formula is C15H19FN2O2S2. The Labute approximate surface area is 134 Å². The van der Waals surface area contributed by atoms with E-state index in [1.807, 2.05) is 36.5 Å². The second-order valence-electron chi connectivity index (χ2n) is 5.23. The van der Waals surface area contributed by atoms with E-state index in [0.717, 1.165) is 4.88 Å². The zero-order chi connectivity index (χ0) is 16.2. The summed E-state index contributed by atoms with van der Waals surface area (Å²) in [6.07, 6.45) is 0. The fourth-order valence-corrected chi connectivity index (χ4v) is 4.14. The van der Waals surface area contributed by atoms with E-state index in [4.69, 9.17) is 0 Å². The molecule has 0 amide bonds. The maximum absolute atomic E-state index is 12.8. The van der Waals surface area contributed by atoms with Gasteiger partial charge < -0.3 is 4.90 Å². The number of nitrogens with zero attached hydrogens (tertiary/aromatic N) is 1. The van der Waals surface area contributed by atoms with Crippen molar-refractivity contribution in [3.8, 4) is 0 Å². The van der Waals surface area contributed by atoms with Gasteiger partial charge in [-0.3, -0.25) is 0 Å². The minimum Gasteiger partial charge on any atom is -0.300 e. The van der Waals surface area contributed by atoms with Crippen LogP contribution in [-0.4, -0.2) is 34.0 Å². The van der Waals surface area contributed by atoms with Gasteiger partial charge in [-0.05, 0) is 43.2 Å². The van der Waals surface area contributed by atoms with Gasteiger partial charge >= 0.3 is 0 Å². The molecule has 1 aromatic heterocycles. The minimum atomic E-state index is -3.46. The Morgan fingerprint density at radius 2 is 1.91 bits per heavy atom. The molecule has 2 aromatic rings. The van der Waals surface area contributed by atoms with Gasteiger partial charge in [0, 0.05) is 11.4 Å². The molecule has 0 saturated heterocycles. The standard InChI is InChI=1S/C15H19FN2O2S2/c1-18(2)14(15-4-3-9-21-15)10-17-22(19,20)11-12-5-7-13(16)8-6-12/h3-9,14,17H,10-11H2,1-2H3/t14-/m0/s1. The summed E-state index contributed by atoms with van der Waals surface area (Å²) in [5.41, 5.74) is 0.562. The third-order valence-corrected chi connectivity index (χ3v) is 5.55. The van der Waals surface area contributed by atoms with E-state index in [0.29, 0.717) is 12.1 Å². The van der Waals surface area contributed by atoms with Crippen LogP contribution in [0.15, 0.2) is 41.8 Å². The summed E-state index contributed by atoms with van der Waals surface area (Å²) in [6.45, 7) is 0.303. The molecule has 0 bridgehead atoms. The van der Waals surface area contributed by atoms with Gasteiger partial charge in [0.15, 0.2) is 0 Å². The fraction of sp³-hybridized carbons (Fsp3) is 0.333. The third kappa shape index (κ3) is 4.88. The van der Waals surface area contributed by atoms with Crippen LogP contribution in [0.1, 0.15) is 16.5 Å². The first-order valence-corrected chi connectivity index (χ1v) is 9.32. The maximum Gasteiger partial charge on any atom is 0.215 e. The van der Waals surface area contributed by atoms with Crippen LogP contribution in [0.3, 0.4) is 0 Å². The predicted octanol–water partition coefficient (Wildman–Crippen LogP) is 2.61. The number of sulfonamides is 1. The summed E-state index contributed by atoms with van der Waals surface area (Å²) in [4.78, 5) is 3.08. The molecule has 0 fully saturated rings. The Morgan fingerprint density at radius 3 is 2.45 bits per heavy atom. The largest absolute Gasteiger partial charge is 0.300 e. The Balaban J connectivity index is 2.00. The van der Waals surface area contributed by atoms with Crippen molar-refractivity contribution in [2.24, 2.45) is 0 Å². The fourth-order valence-electron chi connectivity index (χ4n) is 2.08. The molecule has 0 aliphatic rings. The van der Waals surface area contributed by atoms with E-state index in [-0.39, 0.29) is 17.6 Å². The average molecular weight is 342 g/mol. The van der Waals surface area contributed by atoms with Crippen LogP contribution in [-0.2, 0) is 15.8 Å². The van der Waals surface area contributed by atoms with E-state index < -0.39 is 10.0 Å². The van der Waals surface area contributed by atoms with E-state index in [2.05, 4.69) is 4.72 Å². The van der Waals surface area contributed by atoms with Crippen molar-refractivity contribution in [2.75, 3.05) is 20.6 Å². The molecular weight excluding hydrogens is 323 g/mol. The summed E-state index contributed by atoms with van der Waals surface area (Å²) >= 11 is 1.60. The third-order valence-electron chi connectivity index (χ3n) is 3.26. The van der Waals surface area contributed by atoms with Gasteiger partial charge in [0.2, 0.25) is 10.0 Å². The second-order valence-corrected chi connectivity index (χ2v) is 8.01. The van der Waals surface area contributed by atoms with E-state index in [9.17, 15) is 12.8 Å². The molecule has 7 heteroatoms. The van der Waals surface area contributed by atoms with Crippen LogP contribution in [0.4, 0.5) is 4.39 Å². The normalized spacial score (nSPS) is 13.5. The van der Waals surface area contributed by atoms with Gasteiger partial charge in [-0.2, -0.15) is 0 Å². The van der Waals surface area contributed by atoms with Crippen molar-refractivity contribution in [1.82, 2.24) is 9.62 Å². The lowest BCUT2D eigenvalue weighted by Crippen LogP contribution is -2.34. The summed E-state index contributed by atoms with van der Waals surface area (Å²) in [5.74, 6) is -0.530. The average Bonchev–Trinajstić information content (AvgIpc) is 2.95. The number of rotatable bonds is 7. The van der Waals surface area contributed by atoms with Crippen LogP contribution in [0, 0.1) is 5.82 Å². The molecule has 4 nitrogen and oxygen atoms in total. The Hall–Kier alpha value is -1.28. The smallest absolute Gasteiger partial charge is 0.215 e. The first kappa shape index (κ1) is 17.1. The van der Waals surface area contributed by atoms with Gasteiger partial charge in [0.25, 0.3) is 0 Å². The van der Waals surface area contributed by atoms with Crippen molar-refractivity contribution in [3.63, 3.8) is 0 Å². The first-order chi connectivity index (χ1) is 10.4. The van der Waals surface area contributed by atoms with Crippen molar-refractivity contribution >= 4 is 21.4 Å². The van der Waals surface area contributed by atoms with Gasteiger partial charge in [-0.1, -0.05) is 18.2 Å². The number of hydrogen-bond donors (Lipinski definition) is 1. The molecule has 1 N–H and O–H groups in total. The summed E-state index contributed by atoms with van der Waals surface area (Å²) in [7, 11) is 0.369. The lowest BCUT2D eigenvalue weighted by atomic mass is 10.2. The van der Waals surface area contributed by atoms with E-state index >= 15 is 0 Å². The van der Waals surface area contributed by atoms with E-state index in [1.54, 1.807) is 11.3 Å². The highest BCUT2D eigenvalue weighted by atomic mass is 32.2. The van der Waals surface area contributed by atoms with Crippen LogP contribution in [0.2, 0.25) is 0 Å². The zero-order valence-corrected chi connectivity index (χ0v) is 14.1. The van der Waals surface area contributed by atoms with Crippen LogP contribution >= 0.6 is 11.3 Å². The quantitative estimate of drug-likeness (QED) is 0.841. The Bertz CT molecular complexity index is 683. The molecule has 0 aliphatic heterocycles. The van der Waals surface area contributed by atoms with Crippen LogP contribution in [0.5, 0.6) is 0 Å². The highest BCUT2D eigenvalue weighted by molar-refractivity contribution is 7.88. The summed E-state index contributed by atoms with van der Waals surface area (Å²) in [6, 6.07) is 9.42. The minimum absolute atomic E-state index is 0.0111. The molecule has 0 aliphatic carbocycles. The van der Waals surface area contributed by atoms with Gasteiger partial charge in [0.1, 0.15) is 5.82 Å². The molecule has 120 valence electrons. The van der Waals surface area contributed by atoms with Crippen molar-refractivity contribution in [3.05, 3.63) is 58.0 Å².